The molecule has 1 aromatic heterocycles. The summed E-state index contributed by atoms with van der Waals surface area (Å²) in [5.74, 6) is -0.489. The van der Waals surface area contributed by atoms with Crippen LogP contribution in [0.4, 0.5) is 11.7 Å². The van der Waals surface area contributed by atoms with Gasteiger partial charge in [-0.05, 0) is 36.0 Å². The Balaban J connectivity index is 1.63. The Labute approximate surface area is 169 Å². The highest BCUT2D eigenvalue weighted by molar-refractivity contribution is 8.17. The Kier molecular flexibility index (Phi) is 5.09. The summed E-state index contributed by atoms with van der Waals surface area (Å²) in [5.41, 5.74) is 1.27. The molecule has 0 atom stereocenters. The van der Waals surface area contributed by atoms with Gasteiger partial charge in [-0.1, -0.05) is 41.5 Å². The molecule has 29 heavy (non-hydrogen) atoms. The highest BCUT2D eigenvalue weighted by Crippen LogP contribution is 2.38. The molecule has 142 valence electrons. The first-order valence-corrected chi connectivity index (χ1v) is 9.35. The number of anilines is 2. The maximum absolute atomic E-state index is 12.2. The lowest BCUT2D eigenvalue weighted by atomic mass is 10.2. The number of carbonyl (C=O) groups is 2. The number of allylic oxidation sites excluding steroid dienone is 1. The number of hydrogen-bond acceptors (Lipinski definition) is 8. The molecule has 9 heteroatoms. The second kappa shape index (κ2) is 8.00. The third-order valence-corrected chi connectivity index (χ3v) is 5.01. The molecule has 1 amide bonds. The number of carbonyl (C=O) groups excluding carboxylic acids is 2. The van der Waals surface area contributed by atoms with E-state index < -0.39 is 5.91 Å². The second-order valence-electron chi connectivity index (χ2n) is 5.92. The number of thioether (sulfide) groups is 1. The van der Waals surface area contributed by atoms with Crippen molar-refractivity contribution >= 4 is 40.1 Å². The highest BCUT2D eigenvalue weighted by Gasteiger charge is 2.32. The minimum atomic E-state index is -0.414. The lowest BCUT2D eigenvalue weighted by Gasteiger charge is -2.18. The normalized spacial score (nSPS) is 15.1. The van der Waals surface area contributed by atoms with Gasteiger partial charge < -0.3 is 9.32 Å². The largest absolute Gasteiger partial charge is 0.402 e. The van der Waals surface area contributed by atoms with Crippen molar-refractivity contribution in [3.05, 3.63) is 77.1 Å². The molecule has 1 saturated heterocycles. The molecule has 2 aromatic carbocycles. The van der Waals surface area contributed by atoms with Crippen molar-refractivity contribution in [3.8, 4) is 6.07 Å². The van der Waals surface area contributed by atoms with Gasteiger partial charge in [-0.25, -0.2) is 0 Å². The van der Waals surface area contributed by atoms with Crippen LogP contribution in [0.1, 0.15) is 16.2 Å². The van der Waals surface area contributed by atoms with Gasteiger partial charge in [0.05, 0.1) is 6.54 Å². The van der Waals surface area contributed by atoms with Crippen molar-refractivity contribution < 1.29 is 14.0 Å². The average Bonchev–Trinajstić information content (AvgIpc) is 3.37. The summed E-state index contributed by atoms with van der Waals surface area (Å²) in [4.78, 5) is 26.0. The minimum absolute atomic E-state index is 0.0670. The summed E-state index contributed by atoms with van der Waals surface area (Å²) in [5, 5.41) is 20.2. The maximum Gasteiger partial charge on any atom is 0.322 e. The van der Waals surface area contributed by atoms with Crippen LogP contribution in [0.5, 0.6) is 0 Å². The van der Waals surface area contributed by atoms with Crippen LogP contribution < -0.4 is 10.2 Å². The van der Waals surface area contributed by atoms with Gasteiger partial charge in [0.1, 0.15) is 16.7 Å². The predicted octanol–water partition coefficient (Wildman–Crippen LogP) is 3.29. The standard InChI is InChI=1S/C20H13N5O3S/c21-11-15(19-25(12-16(26)29-19)14-9-5-2-6-10-14)18-23-24-20(28-18)22-17(27)13-7-3-1-4-8-13/h1-10H,12H2,(H,22,24,27)/b19-15+. The van der Waals surface area contributed by atoms with Crippen LogP contribution in [-0.4, -0.2) is 27.8 Å². The van der Waals surface area contributed by atoms with Crippen molar-refractivity contribution in [2.75, 3.05) is 16.8 Å². The van der Waals surface area contributed by atoms with Crippen LogP contribution in [-0.2, 0) is 4.79 Å². The average molecular weight is 403 g/mol. The fourth-order valence-corrected chi connectivity index (χ4v) is 3.64. The van der Waals surface area contributed by atoms with E-state index in [0.29, 0.717) is 10.6 Å². The smallest absolute Gasteiger partial charge is 0.322 e. The SMILES string of the molecule is N#C/C(=C1\SC(=O)CN1c1ccccc1)c1nnc(NC(=O)c2ccccc2)o1. The van der Waals surface area contributed by atoms with Crippen LogP contribution >= 0.6 is 11.8 Å². The van der Waals surface area contributed by atoms with Crippen molar-refractivity contribution in [2.45, 2.75) is 0 Å². The Morgan fingerprint density at radius 1 is 1.10 bits per heavy atom. The van der Waals surface area contributed by atoms with Crippen molar-refractivity contribution in [2.24, 2.45) is 0 Å². The van der Waals surface area contributed by atoms with Crippen molar-refractivity contribution in [3.63, 3.8) is 0 Å². The van der Waals surface area contributed by atoms with E-state index in [2.05, 4.69) is 15.5 Å². The maximum atomic E-state index is 12.2. The Hall–Kier alpha value is -3.90. The molecule has 8 nitrogen and oxygen atoms in total. The molecule has 0 unspecified atom stereocenters. The summed E-state index contributed by atoms with van der Waals surface area (Å²) in [6.07, 6.45) is 0. The molecule has 1 fully saturated rings. The number of amides is 1. The minimum Gasteiger partial charge on any atom is -0.402 e. The summed E-state index contributed by atoms with van der Waals surface area (Å²) < 4.78 is 5.47. The zero-order valence-electron chi connectivity index (χ0n) is 14.9. The summed E-state index contributed by atoms with van der Waals surface area (Å²) in [6, 6.07) is 19.7. The summed E-state index contributed by atoms with van der Waals surface area (Å²) in [6.45, 7) is 0.126. The predicted molar refractivity (Wildman–Crippen MR) is 108 cm³/mol. The number of nitrogens with one attached hydrogen (secondary N) is 1. The molecule has 1 aliphatic heterocycles. The molecular formula is C20H13N5O3S. The van der Waals surface area contributed by atoms with E-state index in [1.807, 2.05) is 36.4 Å². The van der Waals surface area contributed by atoms with Crippen LogP contribution in [0.25, 0.3) is 5.57 Å². The molecule has 0 saturated carbocycles. The van der Waals surface area contributed by atoms with Crippen molar-refractivity contribution in [1.82, 2.24) is 10.2 Å². The van der Waals surface area contributed by atoms with E-state index in [-0.39, 0.29) is 29.1 Å². The lowest BCUT2D eigenvalue weighted by molar-refractivity contribution is -0.109. The molecule has 1 aliphatic rings. The lowest BCUT2D eigenvalue weighted by Crippen LogP contribution is -2.19. The van der Waals surface area contributed by atoms with E-state index >= 15 is 0 Å². The fraction of sp³-hybridized carbons (Fsp3) is 0.0500. The van der Waals surface area contributed by atoms with E-state index in [1.165, 1.54) is 0 Å². The Morgan fingerprint density at radius 2 is 1.79 bits per heavy atom. The molecule has 0 bridgehead atoms. The first kappa shape index (κ1) is 18.5. The quantitative estimate of drug-likeness (QED) is 0.661. The molecule has 1 N–H and O–H groups in total. The number of para-hydroxylation sites is 1. The fourth-order valence-electron chi connectivity index (χ4n) is 2.72. The van der Waals surface area contributed by atoms with Gasteiger partial charge in [0.2, 0.25) is 5.12 Å². The third kappa shape index (κ3) is 3.88. The number of rotatable bonds is 4. The van der Waals surface area contributed by atoms with Crippen molar-refractivity contribution in [1.29, 1.82) is 5.26 Å². The van der Waals surface area contributed by atoms with Crippen LogP contribution in [0, 0.1) is 11.3 Å². The van der Waals surface area contributed by atoms with Gasteiger partial charge in [0.25, 0.3) is 11.8 Å². The summed E-state index contributed by atoms with van der Waals surface area (Å²) >= 11 is 0.945. The highest BCUT2D eigenvalue weighted by atomic mass is 32.2. The summed E-state index contributed by atoms with van der Waals surface area (Å²) in [7, 11) is 0. The topological polar surface area (TPSA) is 112 Å². The molecule has 0 spiro atoms. The number of benzene rings is 2. The second-order valence-corrected chi connectivity index (χ2v) is 6.97. The molecule has 0 radical (unpaired) electrons. The van der Waals surface area contributed by atoms with Gasteiger partial charge >= 0.3 is 6.01 Å². The van der Waals surface area contributed by atoms with Gasteiger partial charge in [0.15, 0.2) is 0 Å². The van der Waals surface area contributed by atoms with E-state index in [1.54, 1.807) is 35.2 Å². The van der Waals surface area contributed by atoms with Crippen LogP contribution in [0.3, 0.4) is 0 Å². The number of nitrogens with zero attached hydrogens (tertiary/aromatic N) is 4. The molecular weight excluding hydrogens is 390 g/mol. The van der Waals surface area contributed by atoms with Gasteiger partial charge in [0, 0.05) is 11.3 Å². The van der Waals surface area contributed by atoms with E-state index in [9.17, 15) is 14.9 Å². The van der Waals surface area contributed by atoms with Gasteiger partial charge in [-0.15, -0.1) is 5.10 Å². The molecule has 2 heterocycles. The Morgan fingerprint density at radius 3 is 2.48 bits per heavy atom. The molecule has 0 aliphatic carbocycles. The number of aromatic nitrogens is 2. The van der Waals surface area contributed by atoms with E-state index in [4.69, 9.17) is 4.42 Å². The van der Waals surface area contributed by atoms with Crippen LogP contribution in [0.15, 0.2) is 70.1 Å². The molecule has 4 rings (SSSR count). The van der Waals surface area contributed by atoms with Crippen LogP contribution in [0.2, 0.25) is 0 Å². The monoisotopic (exact) mass is 403 g/mol. The zero-order chi connectivity index (χ0) is 20.2. The Bertz CT molecular complexity index is 1140. The third-order valence-electron chi connectivity index (χ3n) is 4.03. The zero-order valence-corrected chi connectivity index (χ0v) is 15.7. The first-order chi connectivity index (χ1) is 14.2. The first-order valence-electron chi connectivity index (χ1n) is 8.53. The molecule has 3 aromatic rings. The van der Waals surface area contributed by atoms with Gasteiger partial charge in [-0.2, -0.15) is 5.26 Å². The number of hydrogen-bond donors (Lipinski definition) is 1. The van der Waals surface area contributed by atoms with Gasteiger partial charge in [-0.3, -0.25) is 14.9 Å². The number of nitriles is 1. The van der Waals surface area contributed by atoms with E-state index in [0.717, 1.165) is 17.4 Å².